The third-order valence-electron chi connectivity index (χ3n) is 4.81. The van der Waals surface area contributed by atoms with Crippen LogP contribution < -0.4 is 15.5 Å². The molecule has 0 aliphatic heterocycles. The Morgan fingerprint density at radius 3 is 2.25 bits per heavy atom. The van der Waals surface area contributed by atoms with Crippen LogP contribution in [0.3, 0.4) is 0 Å². The fraction of sp³-hybridized carbons (Fsp3) is 0.120. The molecule has 36 heavy (non-hydrogen) atoms. The van der Waals surface area contributed by atoms with E-state index in [-0.39, 0.29) is 10.7 Å². The number of carbonyl (C=O) groups excluding carboxylic acids is 3. The highest BCUT2D eigenvalue weighted by molar-refractivity contribution is 6.41. The minimum atomic E-state index is -4.65. The first-order valence-corrected chi connectivity index (χ1v) is 10.7. The van der Waals surface area contributed by atoms with Gasteiger partial charge in [-0.2, -0.15) is 18.3 Å². The van der Waals surface area contributed by atoms with Gasteiger partial charge in [-0.3, -0.25) is 9.59 Å². The molecule has 0 radical (unpaired) electrons. The van der Waals surface area contributed by atoms with Gasteiger partial charge >= 0.3 is 24.0 Å². The van der Waals surface area contributed by atoms with Gasteiger partial charge in [-0.25, -0.2) is 10.2 Å². The number of amides is 2. The van der Waals surface area contributed by atoms with Crippen molar-refractivity contribution in [3.8, 4) is 5.75 Å². The van der Waals surface area contributed by atoms with Crippen molar-refractivity contribution < 1.29 is 32.3 Å². The van der Waals surface area contributed by atoms with E-state index in [1.54, 1.807) is 37.3 Å². The zero-order valence-electron chi connectivity index (χ0n) is 18.9. The molecule has 7 nitrogen and oxygen atoms in total. The fourth-order valence-corrected chi connectivity index (χ4v) is 3.09. The summed E-state index contributed by atoms with van der Waals surface area (Å²) in [6, 6.07) is 15.5. The number of benzene rings is 3. The van der Waals surface area contributed by atoms with E-state index in [4.69, 9.17) is 16.3 Å². The number of hydrazone groups is 1. The maximum absolute atomic E-state index is 12.9. The third kappa shape index (κ3) is 6.92. The van der Waals surface area contributed by atoms with Crippen molar-refractivity contribution in [1.82, 2.24) is 5.43 Å². The lowest BCUT2D eigenvalue weighted by molar-refractivity contribution is -0.137. The number of nitrogens with zero attached hydrogens (tertiary/aromatic N) is 1. The van der Waals surface area contributed by atoms with Crippen molar-refractivity contribution in [3.05, 3.63) is 94.0 Å². The lowest BCUT2D eigenvalue weighted by Gasteiger charge is -2.11. The molecule has 3 aromatic carbocycles. The van der Waals surface area contributed by atoms with Gasteiger partial charge in [0.25, 0.3) is 0 Å². The van der Waals surface area contributed by atoms with E-state index >= 15 is 0 Å². The molecule has 2 amide bonds. The topological polar surface area (TPSA) is 96.9 Å². The highest BCUT2D eigenvalue weighted by atomic mass is 35.5. The predicted molar refractivity (Wildman–Crippen MR) is 128 cm³/mol. The van der Waals surface area contributed by atoms with Gasteiger partial charge in [-0.05, 0) is 74.0 Å². The molecule has 0 atom stereocenters. The first-order chi connectivity index (χ1) is 16.9. The lowest BCUT2D eigenvalue weighted by Crippen LogP contribution is -2.33. The quantitative estimate of drug-likeness (QED) is 0.156. The van der Waals surface area contributed by atoms with E-state index in [2.05, 4.69) is 5.10 Å². The van der Waals surface area contributed by atoms with Crippen molar-refractivity contribution in [2.45, 2.75) is 20.0 Å². The Kier molecular flexibility index (Phi) is 8.11. The second kappa shape index (κ2) is 11.0. The van der Waals surface area contributed by atoms with Crippen LogP contribution in [-0.4, -0.2) is 23.5 Å². The summed E-state index contributed by atoms with van der Waals surface area (Å²) in [5.41, 5.74) is 2.80. The average Bonchev–Trinajstić information content (AvgIpc) is 2.83. The number of alkyl halides is 3. The Labute approximate surface area is 208 Å². The Morgan fingerprint density at radius 1 is 0.917 bits per heavy atom. The largest absolute Gasteiger partial charge is 0.423 e. The molecule has 186 valence electrons. The number of anilines is 1. The average molecular weight is 518 g/mol. The van der Waals surface area contributed by atoms with Crippen molar-refractivity contribution in [1.29, 1.82) is 0 Å². The van der Waals surface area contributed by atoms with E-state index in [1.807, 2.05) is 23.7 Å². The van der Waals surface area contributed by atoms with Crippen molar-refractivity contribution in [2.75, 3.05) is 5.32 Å². The Balaban J connectivity index is 1.60. The summed E-state index contributed by atoms with van der Waals surface area (Å²) >= 11 is 5.82. The molecule has 0 bridgehead atoms. The first kappa shape index (κ1) is 26.4. The molecule has 11 heteroatoms. The molecule has 0 heterocycles. The van der Waals surface area contributed by atoms with Crippen molar-refractivity contribution in [3.63, 3.8) is 0 Å². The second-order valence-corrected chi connectivity index (χ2v) is 7.98. The molecule has 0 unspecified atom stereocenters. The highest BCUT2D eigenvalue weighted by Crippen LogP contribution is 2.33. The number of nitrogens with one attached hydrogen (secondary N) is 2. The van der Waals surface area contributed by atoms with Gasteiger partial charge < -0.3 is 10.1 Å². The molecule has 0 aliphatic carbocycles. The fourth-order valence-electron chi connectivity index (χ4n) is 2.93. The normalized spacial score (nSPS) is 11.6. The molecule has 3 aromatic rings. The van der Waals surface area contributed by atoms with Crippen LogP contribution in [0.15, 0.2) is 71.8 Å². The van der Waals surface area contributed by atoms with Crippen LogP contribution in [0.2, 0.25) is 5.02 Å². The van der Waals surface area contributed by atoms with Crippen LogP contribution in [0.1, 0.15) is 34.0 Å². The number of rotatable bonds is 5. The zero-order valence-corrected chi connectivity index (χ0v) is 19.7. The molecule has 0 saturated heterocycles. The zero-order chi connectivity index (χ0) is 26.5. The van der Waals surface area contributed by atoms with Gasteiger partial charge in [0.05, 0.1) is 27.5 Å². The van der Waals surface area contributed by atoms with Crippen LogP contribution in [0.5, 0.6) is 5.75 Å². The summed E-state index contributed by atoms with van der Waals surface area (Å²) in [7, 11) is 0. The number of ether oxygens (including phenoxy) is 1. The van der Waals surface area contributed by atoms with Crippen LogP contribution in [0, 0.1) is 6.92 Å². The van der Waals surface area contributed by atoms with Crippen molar-refractivity contribution in [2.24, 2.45) is 5.10 Å². The van der Waals surface area contributed by atoms with E-state index in [0.717, 1.165) is 17.7 Å². The molecule has 0 spiro atoms. The number of hydrogen-bond donors (Lipinski definition) is 2. The minimum absolute atomic E-state index is 0.174. The van der Waals surface area contributed by atoms with E-state index < -0.39 is 29.5 Å². The van der Waals surface area contributed by atoms with Gasteiger partial charge in [-0.1, -0.05) is 29.3 Å². The standard InChI is InChI=1S/C25H19ClF3N3O4/c1-14-4-3-5-17(12-14)24(35)36-19-9-6-16(7-10-19)15(2)31-32-23(34)22(33)30-21-13-18(25(27,28)29)8-11-20(21)26/h3-13H,1-2H3,(H,30,33)(H,32,34)/b31-15+. The second-order valence-electron chi connectivity index (χ2n) is 7.57. The summed E-state index contributed by atoms with van der Waals surface area (Å²) in [5.74, 6) is -2.70. The monoisotopic (exact) mass is 517 g/mol. The van der Waals surface area contributed by atoms with Crippen LogP contribution in [0.4, 0.5) is 18.9 Å². The van der Waals surface area contributed by atoms with E-state index in [1.165, 1.54) is 12.1 Å². The Hall–Kier alpha value is -4.18. The minimum Gasteiger partial charge on any atom is -0.423 e. The smallest absolute Gasteiger partial charge is 0.416 e. The number of aryl methyl sites for hydroxylation is 1. The number of hydrogen-bond acceptors (Lipinski definition) is 5. The van der Waals surface area contributed by atoms with Crippen LogP contribution >= 0.6 is 11.6 Å². The van der Waals surface area contributed by atoms with Crippen LogP contribution in [-0.2, 0) is 15.8 Å². The van der Waals surface area contributed by atoms with Crippen LogP contribution in [0.25, 0.3) is 0 Å². The molecular formula is C25H19ClF3N3O4. The maximum Gasteiger partial charge on any atom is 0.416 e. The summed E-state index contributed by atoms with van der Waals surface area (Å²) in [6.07, 6.45) is -4.65. The van der Waals surface area contributed by atoms with Gasteiger partial charge in [0.15, 0.2) is 0 Å². The SMILES string of the molecule is C/C(=N\NC(=O)C(=O)Nc1cc(C(F)(F)F)ccc1Cl)c1ccc(OC(=O)c2cccc(C)c2)cc1. The third-order valence-corrected chi connectivity index (χ3v) is 5.14. The maximum atomic E-state index is 12.9. The molecule has 0 aliphatic rings. The molecular weight excluding hydrogens is 499 g/mol. The van der Waals surface area contributed by atoms with E-state index in [9.17, 15) is 27.6 Å². The Bertz CT molecular complexity index is 1340. The predicted octanol–water partition coefficient (Wildman–Crippen LogP) is 5.37. The van der Waals surface area contributed by atoms with Gasteiger partial charge in [-0.15, -0.1) is 0 Å². The summed E-state index contributed by atoms with van der Waals surface area (Å²) in [6.45, 7) is 3.41. The van der Waals surface area contributed by atoms with Gasteiger partial charge in [0, 0.05) is 0 Å². The van der Waals surface area contributed by atoms with Gasteiger partial charge in [0.2, 0.25) is 0 Å². The number of carbonyl (C=O) groups is 3. The lowest BCUT2D eigenvalue weighted by atomic mass is 10.1. The number of esters is 1. The van der Waals surface area contributed by atoms with Crippen molar-refractivity contribution >= 4 is 40.8 Å². The van der Waals surface area contributed by atoms with Gasteiger partial charge in [0.1, 0.15) is 5.75 Å². The summed E-state index contributed by atoms with van der Waals surface area (Å²) in [5, 5.41) is 5.67. The summed E-state index contributed by atoms with van der Waals surface area (Å²) in [4.78, 5) is 36.4. The Morgan fingerprint density at radius 2 is 1.61 bits per heavy atom. The first-order valence-electron chi connectivity index (χ1n) is 10.4. The summed E-state index contributed by atoms with van der Waals surface area (Å²) < 4.78 is 43.9. The molecule has 0 saturated carbocycles. The molecule has 0 aromatic heterocycles. The molecule has 0 fully saturated rings. The van der Waals surface area contributed by atoms with E-state index in [0.29, 0.717) is 28.7 Å². The molecule has 2 N–H and O–H groups in total. The highest BCUT2D eigenvalue weighted by Gasteiger charge is 2.31. The molecule has 3 rings (SSSR count). The number of halogens is 4.